The summed E-state index contributed by atoms with van der Waals surface area (Å²) in [6.07, 6.45) is 9.25. The number of hydrogen-bond acceptors (Lipinski definition) is 10. The minimum Gasteiger partial charge on any atom is -0.457 e. The van der Waals surface area contributed by atoms with Crippen LogP contribution >= 0.6 is 0 Å². The van der Waals surface area contributed by atoms with Crippen molar-refractivity contribution < 1.29 is 22.6 Å². The molecule has 0 spiro atoms. The Hall–Kier alpha value is -3.87. The van der Waals surface area contributed by atoms with Crippen LogP contribution in [0, 0.1) is 6.92 Å². The number of hydrogen-bond donors (Lipinski definition) is 4. The number of anilines is 4. The molecular weight excluding hydrogens is 484 g/mol. The monoisotopic (exact) mass is 512 g/mol. The van der Waals surface area contributed by atoms with Crippen LogP contribution in [0.3, 0.4) is 0 Å². The fraction of sp³-hybridized carbons (Fsp3) is 0.250. The maximum absolute atomic E-state index is 11.4. The lowest BCUT2D eigenvalue weighted by atomic mass is 10.0. The molecule has 1 aliphatic heterocycles. The number of allylic oxidation sites excluding steroid dienone is 3. The summed E-state index contributed by atoms with van der Waals surface area (Å²) in [7, 11) is -2.33. The van der Waals surface area contributed by atoms with Crippen LogP contribution in [0.2, 0.25) is 0 Å². The van der Waals surface area contributed by atoms with Crippen molar-refractivity contribution in [3.63, 3.8) is 0 Å². The van der Waals surface area contributed by atoms with Crippen LogP contribution in [-0.4, -0.2) is 38.6 Å². The topological polar surface area (TPSA) is 150 Å². The van der Waals surface area contributed by atoms with Crippen LogP contribution in [-0.2, 0) is 24.2 Å². The lowest BCUT2D eigenvalue weighted by Gasteiger charge is -2.21. The van der Waals surface area contributed by atoms with Gasteiger partial charge in [0.2, 0.25) is 5.95 Å². The van der Waals surface area contributed by atoms with Gasteiger partial charge in [0.25, 0.3) is 15.1 Å². The average Bonchev–Trinajstić information content (AvgIpc) is 2.86. The summed E-state index contributed by atoms with van der Waals surface area (Å²) < 4.78 is 38.7. The number of sulfonamides is 1. The lowest BCUT2D eigenvalue weighted by Crippen LogP contribution is -2.18. The predicted octanol–water partition coefficient (Wildman–Crippen LogP) is 3.58. The van der Waals surface area contributed by atoms with Crippen molar-refractivity contribution in [2.75, 3.05) is 36.2 Å². The van der Waals surface area contributed by atoms with E-state index in [2.05, 4.69) is 25.9 Å². The second kappa shape index (κ2) is 11.2. The van der Waals surface area contributed by atoms with Crippen molar-refractivity contribution in [2.24, 2.45) is 5.14 Å². The van der Waals surface area contributed by atoms with Gasteiger partial charge < -0.3 is 30.2 Å². The molecule has 12 heteroatoms. The molecule has 0 radical (unpaired) electrons. The van der Waals surface area contributed by atoms with Gasteiger partial charge in [0.15, 0.2) is 5.76 Å². The normalized spacial score (nSPS) is 15.4. The molecule has 36 heavy (non-hydrogen) atoms. The van der Waals surface area contributed by atoms with Crippen LogP contribution in [0.1, 0.15) is 18.4 Å². The summed E-state index contributed by atoms with van der Waals surface area (Å²) in [5.74, 6) is 1.37. The Morgan fingerprint density at radius 2 is 2.03 bits per heavy atom. The van der Waals surface area contributed by atoms with Gasteiger partial charge in [0.05, 0.1) is 6.61 Å². The number of aryl methyl sites for hydroxylation is 1. The van der Waals surface area contributed by atoms with Gasteiger partial charge in [-0.25, -0.2) is 18.5 Å². The molecule has 1 aromatic heterocycles. The fourth-order valence-corrected chi connectivity index (χ4v) is 3.89. The molecule has 5 N–H and O–H groups in total. The highest BCUT2D eigenvalue weighted by Crippen LogP contribution is 2.30. The maximum Gasteiger partial charge on any atom is 0.274 e. The van der Waals surface area contributed by atoms with Crippen molar-refractivity contribution in [2.45, 2.75) is 19.8 Å². The zero-order valence-electron chi connectivity index (χ0n) is 19.9. The number of rotatable bonds is 10. The number of nitrogens with zero attached hydrogens (tertiary/aromatic N) is 2. The van der Waals surface area contributed by atoms with E-state index in [1.54, 1.807) is 19.4 Å². The van der Waals surface area contributed by atoms with Crippen LogP contribution in [0.25, 0.3) is 0 Å². The summed E-state index contributed by atoms with van der Waals surface area (Å²) >= 11 is 0. The quantitative estimate of drug-likeness (QED) is 0.348. The number of ether oxygens (including phenoxy) is 3. The number of primary sulfonamides is 1. The molecule has 1 aliphatic carbocycles. The standard InChI is InChI=1S/C24H28N6O5S/c1-16-7-8-17(13-20(16)26-11-12-33-2)28-24-27-10-9-22(30-24)29-19-6-4-3-5-18(19)21-14-35-23(15-34-21)36(25,31)32/h4,6-10,13-15,26H,3,5,11-12H2,1-2H3,(H2,25,31,32)(H2,27,28,29,30). The number of benzene rings is 1. The van der Waals surface area contributed by atoms with E-state index in [0.29, 0.717) is 37.1 Å². The molecule has 4 rings (SSSR count). The Morgan fingerprint density at radius 1 is 1.17 bits per heavy atom. The Kier molecular flexibility index (Phi) is 7.88. The number of nitrogens with two attached hydrogens (primary N) is 1. The van der Waals surface area contributed by atoms with Crippen molar-refractivity contribution >= 4 is 33.2 Å². The van der Waals surface area contributed by atoms with Gasteiger partial charge in [-0.05, 0) is 49.6 Å². The van der Waals surface area contributed by atoms with Crippen molar-refractivity contribution in [3.05, 3.63) is 82.8 Å². The van der Waals surface area contributed by atoms with E-state index in [9.17, 15) is 8.42 Å². The molecule has 11 nitrogen and oxygen atoms in total. The van der Waals surface area contributed by atoms with Gasteiger partial charge in [0.1, 0.15) is 18.3 Å². The molecule has 0 atom stereocenters. The van der Waals surface area contributed by atoms with Gasteiger partial charge in [-0.15, -0.1) is 0 Å². The second-order valence-corrected chi connectivity index (χ2v) is 9.49. The van der Waals surface area contributed by atoms with E-state index in [0.717, 1.165) is 40.9 Å². The van der Waals surface area contributed by atoms with E-state index in [1.165, 1.54) is 6.26 Å². The SMILES string of the molecule is COCCNc1cc(Nc2nccc(NC3=C(C4=COC(S(N)(=O)=O)=CO4)CCC=C3)n2)ccc1C. The highest BCUT2D eigenvalue weighted by molar-refractivity contribution is 7.92. The molecule has 1 aromatic carbocycles. The third kappa shape index (κ3) is 6.42. The molecule has 0 amide bonds. The van der Waals surface area contributed by atoms with Gasteiger partial charge in [0, 0.05) is 42.5 Å². The predicted molar refractivity (Wildman–Crippen MR) is 137 cm³/mol. The molecule has 0 saturated carbocycles. The van der Waals surface area contributed by atoms with Gasteiger partial charge in [-0.2, -0.15) is 4.98 Å². The third-order valence-corrected chi connectivity index (χ3v) is 6.10. The van der Waals surface area contributed by atoms with Crippen molar-refractivity contribution in [3.8, 4) is 0 Å². The van der Waals surface area contributed by atoms with Crippen LogP contribution in [0.15, 0.2) is 77.3 Å². The van der Waals surface area contributed by atoms with Crippen LogP contribution < -0.4 is 21.1 Å². The van der Waals surface area contributed by atoms with Crippen LogP contribution in [0.5, 0.6) is 0 Å². The zero-order chi connectivity index (χ0) is 25.5. The molecule has 2 aromatic rings. The summed E-state index contributed by atoms with van der Waals surface area (Å²) in [6, 6.07) is 7.71. The highest BCUT2D eigenvalue weighted by Gasteiger charge is 2.22. The van der Waals surface area contributed by atoms with E-state index in [1.807, 2.05) is 37.3 Å². The Morgan fingerprint density at radius 3 is 2.78 bits per heavy atom. The van der Waals surface area contributed by atoms with Crippen LogP contribution in [0.4, 0.5) is 23.1 Å². The Balaban J connectivity index is 1.49. The van der Waals surface area contributed by atoms with Crippen molar-refractivity contribution in [1.82, 2.24) is 9.97 Å². The van der Waals surface area contributed by atoms with E-state index in [4.69, 9.17) is 19.3 Å². The number of nitrogens with one attached hydrogen (secondary N) is 3. The molecule has 0 unspecified atom stereocenters. The first-order chi connectivity index (χ1) is 17.3. The molecule has 190 valence electrons. The van der Waals surface area contributed by atoms with E-state index in [-0.39, 0.29) is 0 Å². The van der Waals surface area contributed by atoms with Gasteiger partial charge in [-0.1, -0.05) is 12.1 Å². The fourth-order valence-electron chi connectivity index (χ4n) is 3.53. The number of methoxy groups -OCH3 is 1. The average molecular weight is 513 g/mol. The number of aromatic nitrogens is 2. The molecular formula is C24H28N6O5S. The first kappa shape index (κ1) is 25.2. The molecule has 0 fully saturated rings. The third-order valence-electron chi connectivity index (χ3n) is 5.35. The van der Waals surface area contributed by atoms with Gasteiger partial charge >= 0.3 is 0 Å². The first-order valence-electron chi connectivity index (χ1n) is 11.2. The second-order valence-electron chi connectivity index (χ2n) is 8.00. The van der Waals surface area contributed by atoms with E-state index >= 15 is 0 Å². The first-order valence-corrected chi connectivity index (χ1v) is 12.7. The Labute approximate surface area is 209 Å². The zero-order valence-corrected chi connectivity index (χ0v) is 20.8. The van der Waals surface area contributed by atoms with E-state index < -0.39 is 15.1 Å². The largest absolute Gasteiger partial charge is 0.457 e. The molecule has 0 bridgehead atoms. The summed E-state index contributed by atoms with van der Waals surface area (Å²) in [5, 5.41) is 14.5. The molecule has 2 heterocycles. The summed E-state index contributed by atoms with van der Waals surface area (Å²) in [5.41, 5.74) is 4.50. The molecule has 2 aliphatic rings. The minimum absolute atomic E-state index is 0.384. The Bertz CT molecular complexity index is 1350. The lowest BCUT2D eigenvalue weighted by molar-refractivity contribution is 0.211. The molecule has 0 saturated heterocycles. The van der Waals surface area contributed by atoms with Crippen molar-refractivity contribution in [1.29, 1.82) is 0 Å². The summed E-state index contributed by atoms with van der Waals surface area (Å²) in [6.45, 7) is 3.34. The maximum atomic E-state index is 11.4. The smallest absolute Gasteiger partial charge is 0.274 e. The highest BCUT2D eigenvalue weighted by atomic mass is 32.2. The minimum atomic E-state index is -3.99. The summed E-state index contributed by atoms with van der Waals surface area (Å²) in [4.78, 5) is 8.90. The van der Waals surface area contributed by atoms with Gasteiger partial charge in [-0.3, -0.25) is 0 Å².